The van der Waals surface area contributed by atoms with E-state index in [9.17, 15) is 34.8 Å². The number of rotatable bonds is 7. The van der Waals surface area contributed by atoms with Gasteiger partial charge in [0.15, 0.2) is 0 Å². The summed E-state index contributed by atoms with van der Waals surface area (Å²) in [7, 11) is -5.63. The summed E-state index contributed by atoms with van der Waals surface area (Å²) in [5, 5.41) is 1.79. The molecule has 0 amide bonds. The van der Waals surface area contributed by atoms with Crippen molar-refractivity contribution in [2.45, 2.75) is 18.3 Å². The first-order valence-electron chi connectivity index (χ1n) is 10.5. The van der Waals surface area contributed by atoms with Crippen LogP contribution in [0.2, 0.25) is 5.02 Å². The fourth-order valence-corrected chi connectivity index (χ4v) is 4.92. The predicted molar refractivity (Wildman–Crippen MR) is 132 cm³/mol. The largest absolute Gasteiger partial charge is 0.516 e. The van der Waals surface area contributed by atoms with Crippen molar-refractivity contribution in [3.8, 4) is 27.6 Å². The van der Waals surface area contributed by atoms with Crippen molar-refractivity contribution in [3.63, 3.8) is 0 Å². The molecule has 0 bridgehead atoms. The number of nitrogens with one attached hydrogen (secondary N) is 1. The second kappa shape index (κ2) is 10.5. The minimum atomic E-state index is -5.63. The zero-order valence-electron chi connectivity index (χ0n) is 18.8. The lowest BCUT2D eigenvalue weighted by molar-refractivity contribution is -0.139. The third-order valence-electron chi connectivity index (χ3n) is 5.08. The topological polar surface area (TPSA) is 68.3 Å². The van der Waals surface area contributed by atoms with Gasteiger partial charge in [0.05, 0.1) is 22.0 Å². The van der Waals surface area contributed by atoms with Crippen LogP contribution in [0.3, 0.4) is 0 Å². The summed E-state index contributed by atoms with van der Waals surface area (Å²) >= 11 is 7.25. The van der Waals surface area contributed by atoms with Gasteiger partial charge in [-0.1, -0.05) is 48.0 Å². The Labute approximate surface area is 221 Å². The van der Waals surface area contributed by atoms with Crippen LogP contribution in [0, 0.1) is 0 Å². The van der Waals surface area contributed by atoms with Gasteiger partial charge in [-0.05, 0) is 35.9 Å². The highest BCUT2D eigenvalue weighted by atomic mass is 35.5. The maximum atomic E-state index is 13.6. The van der Waals surface area contributed by atoms with Crippen molar-refractivity contribution in [1.29, 1.82) is 0 Å². The number of alkyl halides is 6. The molecule has 3 aromatic carbocycles. The van der Waals surface area contributed by atoms with Gasteiger partial charge in [-0.3, -0.25) is 4.72 Å². The normalized spacial score (nSPS) is 12.4. The minimum Gasteiger partial charge on any atom is -0.488 e. The van der Waals surface area contributed by atoms with Crippen LogP contribution in [0.1, 0.15) is 11.1 Å². The molecule has 4 rings (SSSR count). The van der Waals surface area contributed by atoms with Crippen LogP contribution in [-0.4, -0.2) is 18.9 Å². The molecule has 0 aliphatic heterocycles. The van der Waals surface area contributed by atoms with Gasteiger partial charge in [0.1, 0.15) is 17.4 Å². The molecule has 0 spiro atoms. The predicted octanol–water partition coefficient (Wildman–Crippen LogP) is 7.99. The number of thiazole rings is 1. The fourth-order valence-electron chi connectivity index (χ4n) is 3.27. The lowest BCUT2D eigenvalue weighted by Crippen LogP contribution is -2.29. The number of ether oxygens (including phenoxy) is 1. The van der Waals surface area contributed by atoms with Crippen LogP contribution in [-0.2, 0) is 22.8 Å². The Morgan fingerprint density at radius 2 is 1.66 bits per heavy atom. The molecule has 38 heavy (non-hydrogen) atoms. The van der Waals surface area contributed by atoms with Crippen LogP contribution in [0.5, 0.6) is 5.75 Å². The van der Waals surface area contributed by atoms with Crippen molar-refractivity contribution in [1.82, 2.24) is 4.98 Å². The smallest absolute Gasteiger partial charge is 0.488 e. The fraction of sp³-hybridized carbons (Fsp3) is 0.125. The molecule has 1 N–H and O–H groups in total. The van der Waals surface area contributed by atoms with E-state index in [0.717, 1.165) is 29.5 Å². The van der Waals surface area contributed by atoms with Crippen LogP contribution in [0.4, 0.5) is 32.0 Å². The summed E-state index contributed by atoms with van der Waals surface area (Å²) in [6.07, 6.45) is -4.65. The van der Waals surface area contributed by atoms with Gasteiger partial charge in [-0.15, -0.1) is 11.3 Å². The summed E-state index contributed by atoms with van der Waals surface area (Å²) in [6, 6.07) is 15.4. The molecule has 0 radical (unpaired) electrons. The molecule has 1 aromatic heterocycles. The van der Waals surface area contributed by atoms with Crippen LogP contribution in [0.25, 0.3) is 21.8 Å². The van der Waals surface area contributed by atoms with E-state index in [1.165, 1.54) is 22.9 Å². The monoisotopic (exact) mass is 592 g/mol. The molecule has 200 valence electrons. The molecule has 1 heterocycles. The molecule has 0 aliphatic carbocycles. The molecule has 0 saturated heterocycles. The second-order valence-corrected chi connectivity index (χ2v) is 10.7. The third-order valence-corrected chi connectivity index (χ3v) is 7.40. The summed E-state index contributed by atoms with van der Waals surface area (Å²) in [6.45, 7) is -0.0868. The second-order valence-electron chi connectivity index (χ2n) is 7.77. The van der Waals surface area contributed by atoms with Crippen LogP contribution in [0.15, 0.2) is 72.1 Å². The summed E-state index contributed by atoms with van der Waals surface area (Å²) in [5.41, 5.74) is -5.29. The van der Waals surface area contributed by atoms with Gasteiger partial charge in [-0.2, -0.15) is 34.8 Å². The zero-order chi connectivity index (χ0) is 27.7. The summed E-state index contributed by atoms with van der Waals surface area (Å²) in [4.78, 5) is 4.38. The Hall–Kier alpha value is -3.29. The number of hydrogen-bond donors (Lipinski definition) is 1. The highest BCUT2D eigenvalue weighted by Gasteiger charge is 2.46. The third kappa shape index (κ3) is 6.22. The van der Waals surface area contributed by atoms with E-state index in [2.05, 4.69) is 4.98 Å². The first-order chi connectivity index (χ1) is 17.7. The molecule has 5 nitrogen and oxygen atoms in total. The SMILES string of the molecule is O=S(=O)(Nc1ccc(-c2csc(-c3ccc(C(F)(F)F)c(OCc4ccccc4)c3)n2)c(Cl)c1)C(F)(F)F. The molecule has 0 aliphatic rings. The van der Waals surface area contributed by atoms with Gasteiger partial charge in [0.25, 0.3) is 0 Å². The minimum absolute atomic E-state index is 0.0868. The quantitative estimate of drug-likeness (QED) is 0.221. The zero-order valence-corrected chi connectivity index (χ0v) is 21.2. The van der Waals surface area contributed by atoms with Crippen LogP contribution < -0.4 is 9.46 Å². The van der Waals surface area contributed by atoms with Gasteiger partial charge in [-0.25, -0.2) is 4.98 Å². The van der Waals surface area contributed by atoms with E-state index < -0.39 is 33.0 Å². The van der Waals surface area contributed by atoms with Gasteiger partial charge >= 0.3 is 21.7 Å². The average Bonchev–Trinajstić information content (AvgIpc) is 3.32. The highest BCUT2D eigenvalue weighted by molar-refractivity contribution is 7.93. The molecule has 4 aromatic rings. The Kier molecular flexibility index (Phi) is 7.64. The van der Waals surface area contributed by atoms with Crippen molar-refractivity contribution in [2.24, 2.45) is 0 Å². The van der Waals surface area contributed by atoms with E-state index in [0.29, 0.717) is 16.1 Å². The van der Waals surface area contributed by atoms with Crippen molar-refractivity contribution in [3.05, 3.63) is 88.3 Å². The molecule has 0 fully saturated rings. The van der Waals surface area contributed by atoms with Gasteiger partial charge in [0, 0.05) is 16.5 Å². The van der Waals surface area contributed by atoms with Crippen molar-refractivity contribution < 1.29 is 39.5 Å². The number of aromatic nitrogens is 1. The molecule has 0 atom stereocenters. The Morgan fingerprint density at radius 1 is 0.947 bits per heavy atom. The average molecular weight is 593 g/mol. The Morgan fingerprint density at radius 3 is 2.29 bits per heavy atom. The van der Waals surface area contributed by atoms with Gasteiger partial charge in [0.2, 0.25) is 0 Å². The van der Waals surface area contributed by atoms with E-state index >= 15 is 0 Å². The maximum Gasteiger partial charge on any atom is 0.516 e. The van der Waals surface area contributed by atoms with E-state index in [-0.39, 0.29) is 28.6 Å². The lowest BCUT2D eigenvalue weighted by Gasteiger charge is -2.15. The number of halogens is 7. The van der Waals surface area contributed by atoms with E-state index in [1.807, 2.05) is 0 Å². The first-order valence-corrected chi connectivity index (χ1v) is 13.2. The molecular weight excluding hydrogens is 578 g/mol. The summed E-state index contributed by atoms with van der Waals surface area (Å²) < 4.78 is 108. The molecule has 14 heteroatoms. The van der Waals surface area contributed by atoms with Crippen LogP contribution >= 0.6 is 22.9 Å². The standard InChI is InChI=1S/C24H15ClF6N2O3S2/c25-19-11-16(33-38(34,35)24(29,30)31)7-8-17(19)20-13-37-22(32-20)15-6-9-18(23(26,27)28)21(10-15)36-12-14-4-2-1-3-5-14/h1-11,13,33H,12H2. The lowest BCUT2D eigenvalue weighted by atomic mass is 10.1. The Bertz CT molecular complexity index is 1560. The molecule has 0 unspecified atom stereocenters. The van der Waals surface area contributed by atoms with Crippen molar-refractivity contribution >= 4 is 38.6 Å². The van der Waals surface area contributed by atoms with E-state index in [1.54, 1.807) is 35.7 Å². The number of sulfonamides is 1. The summed E-state index contributed by atoms with van der Waals surface area (Å²) in [5.74, 6) is -0.380. The first kappa shape index (κ1) is 27.7. The van der Waals surface area contributed by atoms with Gasteiger partial charge < -0.3 is 4.74 Å². The molecule has 0 saturated carbocycles. The Balaban J connectivity index is 1.61. The number of nitrogens with zero attached hydrogens (tertiary/aromatic N) is 1. The maximum absolute atomic E-state index is 13.6. The molecular formula is C24H15ClF6N2O3S2. The number of hydrogen-bond acceptors (Lipinski definition) is 5. The highest BCUT2D eigenvalue weighted by Crippen LogP contribution is 2.40. The number of benzene rings is 3. The number of anilines is 1. The van der Waals surface area contributed by atoms with E-state index in [4.69, 9.17) is 16.3 Å². The van der Waals surface area contributed by atoms with Crippen molar-refractivity contribution in [2.75, 3.05) is 4.72 Å².